The van der Waals surface area contributed by atoms with Gasteiger partial charge in [-0.25, -0.2) is 0 Å². The zero-order chi connectivity index (χ0) is 14.4. The average molecular weight is 296 g/mol. The summed E-state index contributed by atoms with van der Waals surface area (Å²) in [4.78, 5) is 0. The van der Waals surface area contributed by atoms with Crippen molar-refractivity contribution >= 4 is 11.8 Å². The van der Waals surface area contributed by atoms with Crippen LogP contribution in [0.5, 0.6) is 11.5 Å². The predicted octanol–water partition coefficient (Wildman–Crippen LogP) is 2.49. The minimum Gasteiger partial charge on any atom is -0.497 e. The second-order valence-electron chi connectivity index (χ2n) is 3.82. The van der Waals surface area contributed by atoms with E-state index in [1.54, 1.807) is 27.4 Å². The van der Waals surface area contributed by atoms with Crippen LogP contribution >= 0.6 is 11.8 Å². The first kappa shape index (κ1) is 14.7. The number of hydrogen-bond donors (Lipinski definition) is 0. The van der Waals surface area contributed by atoms with Gasteiger partial charge in [0, 0.05) is 24.5 Å². The monoisotopic (exact) mass is 296 g/mol. The smallest absolute Gasteiger partial charge is 0.276 e. The summed E-state index contributed by atoms with van der Waals surface area (Å²) < 4.78 is 21.0. The molecule has 0 aliphatic rings. The van der Waals surface area contributed by atoms with Crippen molar-refractivity contribution in [3.63, 3.8) is 0 Å². The number of nitrogens with zero attached hydrogens (tertiary/aromatic N) is 2. The van der Waals surface area contributed by atoms with Gasteiger partial charge in [-0.3, -0.25) is 0 Å². The molecule has 0 fully saturated rings. The zero-order valence-corrected chi connectivity index (χ0v) is 12.4. The third kappa shape index (κ3) is 3.64. The lowest BCUT2D eigenvalue weighted by atomic mass is 10.2. The predicted molar refractivity (Wildman–Crippen MR) is 75.4 cm³/mol. The second-order valence-corrected chi connectivity index (χ2v) is 4.86. The SMILES string of the molecule is COCCSc1nnc(-c2cc(OC)cc(OC)c2)o1. The van der Waals surface area contributed by atoms with Gasteiger partial charge in [0.1, 0.15) is 11.5 Å². The van der Waals surface area contributed by atoms with E-state index in [1.165, 1.54) is 11.8 Å². The lowest BCUT2D eigenvalue weighted by Gasteiger charge is -2.05. The Morgan fingerprint density at radius 3 is 2.35 bits per heavy atom. The fourth-order valence-electron chi connectivity index (χ4n) is 1.53. The quantitative estimate of drug-likeness (QED) is 0.574. The van der Waals surface area contributed by atoms with E-state index in [2.05, 4.69) is 10.2 Å². The van der Waals surface area contributed by atoms with Crippen LogP contribution in [-0.2, 0) is 4.74 Å². The van der Waals surface area contributed by atoms with Crippen LogP contribution in [0.2, 0.25) is 0 Å². The minimum absolute atomic E-state index is 0.433. The van der Waals surface area contributed by atoms with Crippen molar-refractivity contribution in [2.45, 2.75) is 5.22 Å². The Morgan fingerprint density at radius 2 is 1.75 bits per heavy atom. The number of aromatic nitrogens is 2. The normalized spacial score (nSPS) is 10.6. The standard InChI is InChI=1S/C13H16N2O4S/c1-16-4-5-20-13-15-14-12(19-13)9-6-10(17-2)8-11(7-9)18-3/h6-8H,4-5H2,1-3H3. The first-order valence-corrected chi connectivity index (χ1v) is 6.94. The third-order valence-corrected chi connectivity index (χ3v) is 3.30. The van der Waals surface area contributed by atoms with Gasteiger partial charge >= 0.3 is 0 Å². The summed E-state index contributed by atoms with van der Waals surface area (Å²) in [6, 6.07) is 5.42. The van der Waals surface area contributed by atoms with E-state index in [1.807, 2.05) is 12.1 Å². The Hall–Kier alpha value is -1.73. The summed E-state index contributed by atoms with van der Waals surface area (Å²) in [5.74, 6) is 2.54. The van der Waals surface area contributed by atoms with Crippen LogP contribution in [0.15, 0.2) is 27.8 Å². The molecule has 1 heterocycles. The highest BCUT2D eigenvalue weighted by atomic mass is 32.2. The summed E-state index contributed by atoms with van der Waals surface area (Å²) in [5.41, 5.74) is 0.757. The highest BCUT2D eigenvalue weighted by molar-refractivity contribution is 7.99. The molecule has 1 aromatic carbocycles. The summed E-state index contributed by atoms with van der Waals surface area (Å²) in [7, 11) is 4.85. The summed E-state index contributed by atoms with van der Waals surface area (Å²) in [6.07, 6.45) is 0. The van der Waals surface area contributed by atoms with Gasteiger partial charge in [-0.05, 0) is 12.1 Å². The maximum atomic E-state index is 5.59. The summed E-state index contributed by atoms with van der Waals surface area (Å²) >= 11 is 1.45. The Balaban J connectivity index is 2.18. The molecule has 0 saturated carbocycles. The minimum atomic E-state index is 0.433. The third-order valence-electron chi connectivity index (χ3n) is 2.52. The molecule has 20 heavy (non-hydrogen) atoms. The largest absolute Gasteiger partial charge is 0.497 e. The molecule has 7 heteroatoms. The van der Waals surface area contributed by atoms with Crippen LogP contribution in [0, 0.1) is 0 Å². The number of ether oxygens (including phenoxy) is 3. The van der Waals surface area contributed by atoms with Crippen molar-refractivity contribution in [3.05, 3.63) is 18.2 Å². The van der Waals surface area contributed by atoms with Crippen LogP contribution in [-0.4, -0.2) is 43.9 Å². The molecular weight excluding hydrogens is 280 g/mol. The van der Waals surface area contributed by atoms with Crippen molar-refractivity contribution in [2.24, 2.45) is 0 Å². The molecule has 0 spiro atoms. The van der Waals surface area contributed by atoms with Crippen LogP contribution in [0.1, 0.15) is 0 Å². The van der Waals surface area contributed by atoms with Gasteiger partial charge in [0.05, 0.1) is 20.8 Å². The first-order chi connectivity index (χ1) is 9.76. The molecule has 2 rings (SSSR count). The summed E-state index contributed by atoms with van der Waals surface area (Å²) in [5, 5.41) is 8.52. The van der Waals surface area contributed by atoms with Crippen molar-refractivity contribution in [2.75, 3.05) is 33.7 Å². The van der Waals surface area contributed by atoms with Gasteiger partial charge in [-0.2, -0.15) is 0 Å². The Bertz CT molecular complexity index is 537. The van der Waals surface area contributed by atoms with Gasteiger partial charge in [0.2, 0.25) is 5.89 Å². The average Bonchev–Trinajstić information content (AvgIpc) is 2.96. The van der Waals surface area contributed by atoms with E-state index >= 15 is 0 Å². The van der Waals surface area contributed by atoms with Crippen molar-refractivity contribution < 1.29 is 18.6 Å². The molecule has 0 aliphatic carbocycles. The van der Waals surface area contributed by atoms with Crippen LogP contribution in [0.4, 0.5) is 0 Å². The summed E-state index contributed by atoms with van der Waals surface area (Å²) in [6.45, 7) is 0.634. The Morgan fingerprint density at radius 1 is 1.05 bits per heavy atom. The highest BCUT2D eigenvalue weighted by Crippen LogP contribution is 2.30. The van der Waals surface area contributed by atoms with Gasteiger partial charge in [-0.15, -0.1) is 10.2 Å². The fourth-order valence-corrected chi connectivity index (χ4v) is 2.19. The van der Waals surface area contributed by atoms with E-state index in [-0.39, 0.29) is 0 Å². The maximum Gasteiger partial charge on any atom is 0.276 e. The Kier molecular flexibility index (Phi) is 5.25. The second kappa shape index (κ2) is 7.16. The molecule has 2 aromatic rings. The lowest BCUT2D eigenvalue weighted by molar-refractivity contribution is 0.218. The number of methoxy groups -OCH3 is 3. The number of thioether (sulfide) groups is 1. The molecule has 6 nitrogen and oxygen atoms in total. The molecule has 0 unspecified atom stereocenters. The molecule has 0 aliphatic heterocycles. The molecule has 0 radical (unpaired) electrons. The molecule has 0 atom stereocenters. The van der Waals surface area contributed by atoms with E-state index in [0.29, 0.717) is 29.2 Å². The van der Waals surface area contributed by atoms with Gasteiger partial charge in [-0.1, -0.05) is 11.8 Å². The fraction of sp³-hybridized carbons (Fsp3) is 0.385. The number of hydrogen-bond acceptors (Lipinski definition) is 7. The molecule has 0 N–H and O–H groups in total. The van der Waals surface area contributed by atoms with Crippen LogP contribution < -0.4 is 9.47 Å². The molecule has 0 saturated heterocycles. The van der Waals surface area contributed by atoms with Crippen LogP contribution in [0.25, 0.3) is 11.5 Å². The molecule has 1 aromatic heterocycles. The Labute approximate surface area is 121 Å². The van der Waals surface area contributed by atoms with Crippen molar-refractivity contribution in [1.29, 1.82) is 0 Å². The zero-order valence-electron chi connectivity index (χ0n) is 11.6. The molecule has 0 amide bonds. The van der Waals surface area contributed by atoms with E-state index in [0.717, 1.165) is 11.3 Å². The first-order valence-electron chi connectivity index (χ1n) is 5.95. The van der Waals surface area contributed by atoms with E-state index in [9.17, 15) is 0 Å². The maximum absolute atomic E-state index is 5.59. The molecule has 0 bridgehead atoms. The van der Waals surface area contributed by atoms with Gasteiger partial charge in [0.25, 0.3) is 5.22 Å². The van der Waals surface area contributed by atoms with Crippen molar-refractivity contribution in [3.8, 4) is 23.0 Å². The van der Waals surface area contributed by atoms with Gasteiger partial charge < -0.3 is 18.6 Å². The number of benzene rings is 1. The highest BCUT2D eigenvalue weighted by Gasteiger charge is 2.11. The number of rotatable bonds is 7. The van der Waals surface area contributed by atoms with Gasteiger partial charge in [0.15, 0.2) is 0 Å². The lowest BCUT2D eigenvalue weighted by Crippen LogP contribution is -1.90. The topological polar surface area (TPSA) is 66.6 Å². The van der Waals surface area contributed by atoms with E-state index in [4.69, 9.17) is 18.6 Å². The van der Waals surface area contributed by atoms with E-state index < -0.39 is 0 Å². The molecular formula is C13H16N2O4S. The van der Waals surface area contributed by atoms with Crippen molar-refractivity contribution in [1.82, 2.24) is 10.2 Å². The molecule has 108 valence electrons. The van der Waals surface area contributed by atoms with Crippen LogP contribution in [0.3, 0.4) is 0 Å².